The van der Waals surface area contributed by atoms with Crippen molar-refractivity contribution < 1.29 is 9.53 Å². The molecule has 2 atom stereocenters. The average Bonchev–Trinajstić information content (AvgIpc) is 2.88. The van der Waals surface area contributed by atoms with Crippen molar-refractivity contribution in [2.75, 3.05) is 12.4 Å². The number of hydrogen-bond acceptors (Lipinski definition) is 3. The Kier molecular flexibility index (Phi) is 4.61. The molecule has 21 heavy (non-hydrogen) atoms. The molecule has 3 heteroatoms. The van der Waals surface area contributed by atoms with Gasteiger partial charge in [0.1, 0.15) is 0 Å². The summed E-state index contributed by atoms with van der Waals surface area (Å²) in [5, 5.41) is 0. The SMILES string of the molecule is O=C1OC[C@@H](CSc2ccccc2)[C@H]1Cc1ccccc1. The van der Waals surface area contributed by atoms with Crippen LogP contribution in [0.4, 0.5) is 0 Å². The van der Waals surface area contributed by atoms with Crippen LogP contribution in [0.2, 0.25) is 0 Å². The van der Waals surface area contributed by atoms with Crippen LogP contribution < -0.4 is 0 Å². The van der Waals surface area contributed by atoms with E-state index >= 15 is 0 Å². The normalized spacial score (nSPS) is 21.2. The molecule has 1 heterocycles. The molecular weight excluding hydrogens is 280 g/mol. The third kappa shape index (κ3) is 3.67. The highest BCUT2D eigenvalue weighted by molar-refractivity contribution is 7.99. The van der Waals surface area contributed by atoms with Gasteiger partial charge in [-0.1, -0.05) is 48.5 Å². The first-order chi connectivity index (χ1) is 10.3. The van der Waals surface area contributed by atoms with Crippen molar-refractivity contribution in [3.63, 3.8) is 0 Å². The molecule has 0 aromatic heterocycles. The number of ether oxygens (including phenoxy) is 1. The minimum atomic E-state index is -0.0440. The maximum Gasteiger partial charge on any atom is 0.309 e. The number of rotatable bonds is 5. The zero-order chi connectivity index (χ0) is 14.5. The summed E-state index contributed by atoms with van der Waals surface area (Å²) in [4.78, 5) is 13.2. The zero-order valence-corrected chi connectivity index (χ0v) is 12.6. The van der Waals surface area contributed by atoms with Crippen molar-refractivity contribution in [3.05, 3.63) is 66.2 Å². The molecule has 1 aliphatic rings. The Labute approximate surface area is 129 Å². The van der Waals surface area contributed by atoms with Gasteiger partial charge in [-0.2, -0.15) is 0 Å². The summed E-state index contributed by atoms with van der Waals surface area (Å²) in [5.74, 6) is 1.16. The average molecular weight is 298 g/mol. The molecule has 2 aromatic rings. The molecule has 0 aliphatic carbocycles. The predicted molar refractivity (Wildman–Crippen MR) is 85.3 cm³/mol. The van der Waals surface area contributed by atoms with Crippen molar-refractivity contribution >= 4 is 17.7 Å². The lowest BCUT2D eigenvalue weighted by Gasteiger charge is -2.14. The summed E-state index contributed by atoms with van der Waals surface area (Å²) in [7, 11) is 0. The van der Waals surface area contributed by atoms with Crippen LogP contribution in [0, 0.1) is 11.8 Å². The number of thioether (sulfide) groups is 1. The van der Waals surface area contributed by atoms with Gasteiger partial charge in [0.15, 0.2) is 0 Å². The summed E-state index contributed by atoms with van der Waals surface area (Å²) < 4.78 is 5.29. The van der Waals surface area contributed by atoms with Gasteiger partial charge < -0.3 is 4.74 Å². The highest BCUT2D eigenvalue weighted by Crippen LogP contribution is 2.31. The summed E-state index contributed by atoms with van der Waals surface area (Å²) >= 11 is 1.80. The Bertz CT molecular complexity index is 583. The standard InChI is InChI=1S/C18H18O2S/c19-18-17(11-14-7-3-1-4-8-14)15(12-20-18)13-21-16-9-5-2-6-10-16/h1-10,15,17H,11-13H2/t15-,17+/m0/s1. The monoisotopic (exact) mass is 298 g/mol. The summed E-state index contributed by atoms with van der Waals surface area (Å²) in [6, 6.07) is 20.5. The largest absolute Gasteiger partial charge is 0.465 e. The number of esters is 1. The number of carbonyl (C=O) groups is 1. The van der Waals surface area contributed by atoms with Crippen LogP contribution in [0.3, 0.4) is 0 Å². The van der Waals surface area contributed by atoms with Gasteiger partial charge in [0.25, 0.3) is 0 Å². The molecular formula is C18H18O2S. The van der Waals surface area contributed by atoms with E-state index in [-0.39, 0.29) is 11.9 Å². The molecule has 0 saturated carbocycles. The summed E-state index contributed by atoms with van der Waals surface area (Å²) in [6.07, 6.45) is 0.777. The second-order valence-corrected chi connectivity index (χ2v) is 6.40. The van der Waals surface area contributed by atoms with Gasteiger partial charge in [-0.15, -0.1) is 11.8 Å². The van der Waals surface area contributed by atoms with Crippen LogP contribution in [0.1, 0.15) is 5.56 Å². The molecule has 0 amide bonds. The smallest absolute Gasteiger partial charge is 0.309 e. The van der Waals surface area contributed by atoms with E-state index in [1.807, 2.05) is 36.4 Å². The van der Waals surface area contributed by atoms with E-state index < -0.39 is 0 Å². The van der Waals surface area contributed by atoms with E-state index in [2.05, 4.69) is 24.3 Å². The van der Waals surface area contributed by atoms with Gasteiger partial charge in [0, 0.05) is 16.6 Å². The molecule has 0 bridgehead atoms. The number of cyclic esters (lactones) is 1. The maximum absolute atomic E-state index is 12.0. The van der Waals surface area contributed by atoms with E-state index in [4.69, 9.17) is 4.74 Å². The first-order valence-electron chi connectivity index (χ1n) is 7.21. The van der Waals surface area contributed by atoms with Crippen molar-refractivity contribution in [1.82, 2.24) is 0 Å². The van der Waals surface area contributed by atoms with E-state index in [0.717, 1.165) is 12.2 Å². The second-order valence-electron chi connectivity index (χ2n) is 5.31. The maximum atomic E-state index is 12.0. The fraction of sp³-hybridized carbons (Fsp3) is 0.278. The van der Waals surface area contributed by atoms with E-state index in [9.17, 15) is 4.79 Å². The number of carbonyl (C=O) groups excluding carboxylic acids is 1. The van der Waals surface area contributed by atoms with Crippen molar-refractivity contribution in [1.29, 1.82) is 0 Å². The molecule has 108 valence electrons. The van der Waals surface area contributed by atoms with Crippen molar-refractivity contribution in [2.45, 2.75) is 11.3 Å². The molecule has 3 rings (SSSR count). The van der Waals surface area contributed by atoms with Crippen LogP contribution in [0.25, 0.3) is 0 Å². The van der Waals surface area contributed by atoms with Crippen molar-refractivity contribution in [3.8, 4) is 0 Å². The first kappa shape index (κ1) is 14.2. The first-order valence-corrected chi connectivity index (χ1v) is 8.20. The fourth-order valence-electron chi connectivity index (χ4n) is 2.61. The Morgan fingerprint density at radius 2 is 1.67 bits per heavy atom. The minimum absolute atomic E-state index is 0.0105. The van der Waals surface area contributed by atoms with Gasteiger partial charge in [-0.05, 0) is 24.1 Å². The van der Waals surface area contributed by atoms with Crippen LogP contribution in [-0.4, -0.2) is 18.3 Å². The zero-order valence-electron chi connectivity index (χ0n) is 11.8. The van der Waals surface area contributed by atoms with Gasteiger partial charge in [0.2, 0.25) is 0 Å². The molecule has 1 fully saturated rings. The molecule has 1 saturated heterocycles. The lowest BCUT2D eigenvalue weighted by molar-refractivity contribution is -0.141. The molecule has 0 spiro atoms. The third-order valence-corrected chi connectivity index (χ3v) is 5.02. The van der Waals surface area contributed by atoms with E-state index in [1.165, 1.54) is 10.5 Å². The topological polar surface area (TPSA) is 26.3 Å². The number of benzene rings is 2. The Morgan fingerprint density at radius 3 is 2.38 bits per heavy atom. The van der Waals surface area contributed by atoms with Gasteiger partial charge >= 0.3 is 5.97 Å². The molecule has 0 unspecified atom stereocenters. The summed E-state index contributed by atoms with van der Waals surface area (Å²) in [6.45, 7) is 0.552. The summed E-state index contributed by atoms with van der Waals surface area (Å²) in [5.41, 5.74) is 1.20. The second kappa shape index (κ2) is 6.81. The van der Waals surface area contributed by atoms with Crippen LogP contribution in [0.5, 0.6) is 0 Å². The third-order valence-electron chi connectivity index (χ3n) is 3.82. The predicted octanol–water partition coefficient (Wildman–Crippen LogP) is 3.81. The van der Waals surface area contributed by atoms with Crippen LogP contribution in [-0.2, 0) is 16.0 Å². The fourth-order valence-corrected chi connectivity index (χ4v) is 3.69. The highest BCUT2D eigenvalue weighted by atomic mass is 32.2. The molecule has 2 aromatic carbocycles. The lowest BCUT2D eigenvalue weighted by Crippen LogP contribution is -2.20. The molecule has 1 aliphatic heterocycles. The quantitative estimate of drug-likeness (QED) is 0.620. The molecule has 0 N–H and O–H groups in total. The van der Waals surface area contributed by atoms with Crippen LogP contribution >= 0.6 is 11.8 Å². The molecule has 2 nitrogen and oxygen atoms in total. The van der Waals surface area contributed by atoms with Crippen molar-refractivity contribution in [2.24, 2.45) is 11.8 Å². The van der Waals surface area contributed by atoms with Gasteiger partial charge in [0.05, 0.1) is 12.5 Å². The lowest BCUT2D eigenvalue weighted by atomic mass is 9.90. The minimum Gasteiger partial charge on any atom is -0.465 e. The van der Waals surface area contributed by atoms with E-state index in [1.54, 1.807) is 11.8 Å². The highest BCUT2D eigenvalue weighted by Gasteiger charge is 2.36. The molecule has 0 radical (unpaired) electrons. The Morgan fingerprint density at radius 1 is 1.00 bits per heavy atom. The van der Waals surface area contributed by atoms with Crippen LogP contribution in [0.15, 0.2) is 65.6 Å². The van der Waals surface area contributed by atoms with Gasteiger partial charge in [-0.3, -0.25) is 4.79 Å². The van der Waals surface area contributed by atoms with E-state index in [0.29, 0.717) is 12.5 Å². The van der Waals surface area contributed by atoms with Gasteiger partial charge in [-0.25, -0.2) is 0 Å². The number of hydrogen-bond donors (Lipinski definition) is 0. The Hall–Kier alpha value is -1.74. The Balaban J connectivity index is 1.62.